The number of ether oxygens (including phenoxy) is 3. The van der Waals surface area contributed by atoms with Gasteiger partial charge in [0, 0.05) is 19.3 Å². The highest BCUT2D eigenvalue weighted by atomic mass is 16.6. The average molecular weight is 897 g/mol. The molecule has 0 aromatic rings. The van der Waals surface area contributed by atoms with Crippen LogP contribution >= 0.6 is 0 Å². The van der Waals surface area contributed by atoms with Crippen LogP contribution in [0.2, 0.25) is 0 Å². The first-order chi connectivity index (χ1) is 31.5. The third-order valence-electron chi connectivity index (χ3n) is 12.1. The summed E-state index contributed by atoms with van der Waals surface area (Å²) in [6.07, 6.45) is 64.3. The molecule has 1 atom stereocenters. The zero-order chi connectivity index (χ0) is 46.5. The molecule has 0 aliphatic rings. The minimum Gasteiger partial charge on any atom is -0.462 e. The van der Waals surface area contributed by atoms with E-state index in [1.54, 1.807) is 0 Å². The summed E-state index contributed by atoms with van der Waals surface area (Å²) in [6, 6.07) is 0. The molecule has 0 aromatic heterocycles. The van der Waals surface area contributed by atoms with E-state index in [1.807, 2.05) is 0 Å². The molecule has 1 unspecified atom stereocenters. The van der Waals surface area contributed by atoms with Gasteiger partial charge in [0.05, 0.1) is 0 Å². The van der Waals surface area contributed by atoms with E-state index in [1.165, 1.54) is 161 Å². The Morgan fingerprint density at radius 3 is 0.891 bits per heavy atom. The molecule has 0 rings (SSSR count). The highest BCUT2D eigenvalue weighted by Gasteiger charge is 2.19. The summed E-state index contributed by atoms with van der Waals surface area (Å²) in [4.78, 5) is 37.7. The minimum atomic E-state index is -0.774. The molecule has 0 bridgehead atoms. The summed E-state index contributed by atoms with van der Waals surface area (Å²) in [6.45, 7) is 6.55. The van der Waals surface area contributed by atoms with Crippen LogP contribution in [0, 0.1) is 0 Å². The fourth-order valence-electron chi connectivity index (χ4n) is 7.86. The van der Waals surface area contributed by atoms with Crippen molar-refractivity contribution in [3.8, 4) is 0 Å². The predicted octanol–water partition coefficient (Wildman–Crippen LogP) is 18.3. The van der Waals surface area contributed by atoms with E-state index >= 15 is 0 Å². The minimum absolute atomic E-state index is 0.0774. The molecule has 0 saturated heterocycles. The molecule has 0 spiro atoms. The summed E-state index contributed by atoms with van der Waals surface area (Å²) in [5, 5.41) is 0. The molecule has 0 heterocycles. The number of unbranched alkanes of at least 4 members (excludes halogenated alkanes) is 31. The Kier molecular flexibility index (Phi) is 50.8. The zero-order valence-electron chi connectivity index (χ0n) is 42.6. The van der Waals surface area contributed by atoms with Crippen LogP contribution in [-0.2, 0) is 28.6 Å². The Labute approximate surface area is 397 Å². The van der Waals surface area contributed by atoms with E-state index in [2.05, 4.69) is 69.4 Å². The summed E-state index contributed by atoms with van der Waals surface area (Å²) in [5.41, 5.74) is 0. The lowest BCUT2D eigenvalue weighted by Crippen LogP contribution is -2.30. The molecule has 0 aromatic carbocycles. The number of allylic oxidation sites excluding steroid dienone is 8. The number of carbonyl (C=O) groups is 3. The lowest BCUT2D eigenvalue weighted by Gasteiger charge is -2.18. The van der Waals surface area contributed by atoms with Gasteiger partial charge in [-0.2, -0.15) is 0 Å². The van der Waals surface area contributed by atoms with E-state index in [-0.39, 0.29) is 31.1 Å². The van der Waals surface area contributed by atoms with Crippen LogP contribution in [0.25, 0.3) is 0 Å². The first-order valence-electron chi connectivity index (χ1n) is 27.6. The maximum atomic E-state index is 12.7. The Balaban J connectivity index is 4.09. The Morgan fingerprint density at radius 2 is 0.562 bits per heavy atom. The van der Waals surface area contributed by atoms with Crippen molar-refractivity contribution in [2.75, 3.05) is 13.2 Å². The summed E-state index contributed by atoms with van der Waals surface area (Å²) < 4.78 is 16.7. The fourth-order valence-corrected chi connectivity index (χ4v) is 7.86. The van der Waals surface area contributed by atoms with E-state index in [0.717, 1.165) is 83.5 Å². The highest BCUT2D eigenvalue weighted by molar-refractivity contribution is 5.71. The topological polar surface area (TPSA) is 78.9 Å². The van der Waals surface area contributed by atoms with Gasteiger partial charge < -0.3 is 14.2 Å². The average Bonchev–Trinajstić information content (AvgIpc) is 3.29. The van der Waals surface area contributed by atoms with E-state index in [0.29, 0.717) is 19.3 Å². The SMILES string of the molecule is CCCCCCC/C=C\C/C=C\C/C=C\CCCCCCCCCCCCC(=O)OCC(COC(=O)CCCCCCC)OC(=O)CCCCCCC/C=C\CCCCCCCCC. The lowest BCUT2D eigenvalue weighted by atomic mass is 10.1. The van der Waals surface area contributed by atoms with Crippen LogP contribution in [-0.4, -0.2) is 37.2 Å². The van der Waals surface area contributed by atoms with Gasteiger partial charge in [0.25, 0.3) is 0 Å². The maximum absolute atomic E-state index is 12.7. The third kappa shape index (κ3) is 50.4. The summed E-state index contributed by atoms with van der Waals surface area (Å²) >= 11 is 0. The molecular formula is C58H104O6. The second-order valence-electron chi connectivity index (χ2n) is 18.5. The highest BCUT2D eigenvalue weighted by Crippen LogP contribution is 2.15. The summed E-state index contributed by atoms with van der Waals surface area (Å²) in [5.74, 6) is -0.895. The molecule has 6 nitrogen and oxygen atoms in total. The molecule has 0 aliphatic heterocycles. The molecule has 0 N–H and O–H groups in total. The van der Waals surface area contributed by atoms with Crippen LogP contribution in [0.1, 0.15) is 284 Å². The van der Waals surface area contributed by atoms with Crippen molar-refractivity contribution in [2.24, 2.45) is 0 Å². The van der Waals surface area contributed by atoms with Crippen molar-refractivity contribution in [1.29, 1.82) is 0 Å². The maximum Gasteiger partial charge on any atom is 0.306 e. The second kappa shape index (κ2) is 53.0. The van der Waals surface area contributed by atoms with Gasteiger partial charge in [0.15, 0.2) is 6.10 Å². The molecule has 64 heavy (non-hydrogen) atoms. The molecule has 372 valence electrons. The van der Waals surface area contributed by atoms with Crippen molar-refractivity contribution < 1.29 is 28.6 Å². The molecule has 0 amide bonds. The van der Waals surface area contributed by atoms with Crippen molar-refractivity contribution in [1.82, 2.24) is 0 Å². The van der Waals surface area contributed by atoms with Gasteiger partial charge in [-0.05, 0) is 83.5 Å². The fraction of sp³-hybridized carbons (Fsp3) is 0.810. The van der Waals surface area contributed by atoms with Crippen LogP contribution in [0.15, 0.2) is 48.6 Å². The Bertz CT molecular complexity index is 1120. The van der Waals surface area contributed by atoms with Crippen molar-refractivity contribution in [3.05, 3.63) is 48.6 Å². The molecule has 0 radical (unpaired) electrons. The monoisotopic (exact) mass is 897 g/mol. The van der Waals surface area contributed by atoms with Gasteiger partial charge in [-0.25, -0.2) is 0 Å². The standard InChI is InChI=1S/C58H104O6/c1-4-7-10-13-15-17-19-21-23-25-26-27-28-29-30-31-32-33-35-36-38-40-42-45-48-51-57(60)63-54-55(53-62-56(59)50-47-44-12-9-6-3)64-58(61)52-49-46-43-41-39-37-34-24-22-20-18-16-14-11-8-5-2/h19,21,24-26,28-29,34,55H,4-18,20,22-23,27,30-33,35-54H2,1-3H3/b21-19-,26-25-,29-28-,34-24-. The van der Waals surface area contributed by atoms with Gasteiger partial charge in [-0.15, -0.1) is 0 Å². The second-order valence-corrected chi connectivity index (χ2v) is 18.5. The smallest absolute Gasteiger partial charge is 0.306 e. The number of hydrogen-bond acceptors (Lipinski definition) is 6. The van der Waals surface area contributed by atoms with Gasteiger partial charge in [0.1, 0.15) is 13.2 Å². The van der Waals surface area contributed by atoms with Crippen LogP contribution in [0.5, 0.6) is 0 Å². The van der Waals surface area contributed by atoms with Crippen molar-refractivity contribution >= 4 is 17.9 Å². The molecular weight excluding hydrogens is 793 g/mol. The van der Waals surface area contributed by atoms with Crippen LogP contribution < -0.4 is 0 Å². The van der Waals surface area contributed by atoms with E-state index in [4.69, 9.17) is 14.2 Å². The number of carbonyl (C=O) groups excluding carboxylic acids is 3. The van der Waals surface area contributed by atoms with E-state index < -0.39 is 6.10 Å². The van der Waals surface area contributed by atoms with Gasteiger partial charge in [-0.1, -0.05) is 230 Å². The first-order valence-corrected chi connectivity index (χ1v) is 27.6. The van der Waals surface area contributed by atoms with Crippen molar-refractivity contribution in [2.45, 2.75) is 290 Å². The number of rotatable bonds is 50. The largest absolute Gasteiger partial charge is 0.462 e. The molecule has 0 fully saturated rings. The van der Waals surface area contributed by atoms with Gasteiger partial charge >= 0.3 is 17.9 Å². The predicted molar refractivity (Wildman–Crippen MR) is 275 cm³/mol. The molecule has 0 aliphatic carbocycles. The van der Waals surface area contributed by atoms with Gasteiger partial charge in [0.2, 0.25) is 0 Å². The van der Waals surface area contributed by atoms with Gasteiger partial charge in [-0.3, -0.25) is 14.4 Å². The van der Waals surface area contributed by atoms with Crippen LogP contribution in [0.3, 0.4) is 0 Å². The third-order valence-corrected chi connectivity index (χ3v) is 12.1. The molecule has 0 saturated carbocycles. The summed E-state index contributed by atoms with van der Waals surface area (Å²) in [7, 11) is 0. The number of hydrogen-bond donors (Lipinski definition) is 0. The quantitative estimate of drug-likeness (QED) is 0.0262. The molecule has 6 heteroatoms. The lowest BCUT2D eigenvalue weighted by molar-refractivity contribution is -0.167. The van der Waals surface area contributed by atoms with E-state index in [9.17, 15) is 14.4 Å². The zero-order valence-corrected chi connectivity index (χ0v) is 42.6. The normalized spacial score (nSPS) is 12.4. The Morgan fingerprint density at radius 1 is 0.312 bits per heavy atom. The number of esters is 3. The van der Waals surface area contributed by atoms with Crippen LogP contribution in [0.4, 0.5) is 0 Å². The van der Waals surface area contributed by atoms with Crippen molar-refractivity contribution in [3.63, 3.8) is 0 Å². The first kappa shape index (κ1) is 61.4. The Hall–Kier alpha value is -2.63.